The molecule has 0 spiro atoms. The van der Waals surface area contributed by atoms with Crippen molar-refractivity contribution in [3.05, 3.63) is 48.3 Å². The number of nitrogens with one attached hydrogen (secondary N) is 2. The molecule has 1 atom stereocenters. The van der Waals surface area contributed by atoms with E-state index >= 15 is 0 Å². The van der Waals surface area contributed by atoms with Gasteiger partial charge in [0.05, 0.1) is 6.54 Å². The molecule has 162 valence electrons. The summed E-state index contributed by atoms with van der Waals surface area (Å²) in [7, 11) is 1.80. The Labute approximate surface area is 195 Å². The molecule has 1 aromatic heterocycles. The second-order valence-corrected chi connectivity index (χ2v) is 7.31. The summed E-state index contributed by atoms with van der Waals surface area (Å²) in [5, 5.41) is 6.79. The number of benzene rings is 1. The van der Waals surface area contributed by atoms with Crippen LogP contribution in [0.15, 0.2) is 47.7 Å². The second-order valence-electron chi connectivity index (χ2n) is 7.31. The van der Waals surface area contributed by atoms with Gasteiger partial charge in [-0.25, -0.2) is 9.97 Å². The minimum absolute atomic E-state index is 0. The Morgan fingerprint density at radius 2 is 1.87 bits per heavy atom. The molecule has 2 aromatic rings. The van der Waals surface area contributed by atoms with Gasteiger partial charge in [0.2, 0.25) is 5.95 Å². The van der Waals surface area contributed by atoms with Crippen molar-refractivity contribution in [1.82, 2.24) is 25.5 Å². The number of ether oxygens (including phenoxy) is 1. The highest BCUT2D eigenvalue weighted by atomic mass is 127. The van der Waals surface area contributed by atoms with Crippen LogP contribution in [0, 0.1) is 0 Å². The number of anilines is 1. The Kier molecular flexibility index (Phi) is 8.50. The van der Waals surface area contributed by atoms with E-state index in [-0.39, 0.29) is 30.1 Å². The van der Waals surface area contributed by atoms with Crippen molar-refractivity contribution in [1.29, 1.82) is 0 Å². The number of aliphatic imine (C=N–C) groups is 1. The van der Waals surface area contributed by atoms with Crippen LogP contribution in [0.3, 0.4) is 0 Å². The Balaban J connectivity index is 0.00000256. The zero-order valence-corrected chi connectivity index (χ0v) is 19.7. The van der Waals surface area contributed by atoms with Gasteiger partial charge in [-0.15, -0.1) is 24.0 Å². The van der Waals surface area contributed by atoms with Crippen LogP contribution < -0.4 is 20.3 Å². The first-order valence-electron chi connectivity index (χ1n) is 10.3. The largest absolute Gasteiger partial charge is 0.488 e. The van der Waals surface area contributed by atoms with Crippen LogP contribution in [0.2, 0.25) is 0 Å². The SMILES string of the molecule is CN=C(NCCN1CCN(c2ncccn2)CC1)NCC1Cc2ccccc2O1.I. The van der Waals surface area contributed by atoms with Gasteiger partial charge in [0, 0.05) is 65.1 Å². The number of hydrogen-bond donors (Lipinski definition) is 2. The van der Waals surface area contributed by atoms with Crippen LogP contribution in [0.25, 0.3) is 0 Å². The van der Waals surface area contributed by atoms with Gasteiger partial charge in [-0.2, -0.15) is 0 Å². The van der Waals surface area contributed by atoms with Crippen molar-refractivity contribution >= 4 is 35.9 Å². The van der Waals surface area contributed by atoms with Crippen molar-refractivity contribution < 1.29 is 4.74 Å². The van der Waals surface area contributed by atoms with Crippen molar-refractivity contribution in [2.24, 2.45) is 4.99 Å². The third kappa shape index (κ3) is 5.94. The van der Waals surface area contributed by atoms with Crippen molar-refractivity contribution in [3.63, 3.8) is 0 Å². The maximum absolute atomic E-state index is 5.98. The Morgan fingerprint density at radius 3 is 2.60 bits per heavy atom. The topological polar surface area (TPSA) is 77.9 Å². The summed E-state index contributed by atoms with van der Waals surface area (Å²) in [5.74, 6) is 2.65. The van der Waals surface area contributed by atoms with E-state index in [2.05, 4.69) is 47.5 Å². The fourth-order valence-corrected chi connectivity index (χ4v) is 3.76. The zero-order valence-electron chi connectivity index (χ0n) is 17.3. The van der Waals surface area contributed by atoms with E-state index in [0.717, 1.165) is 69.9 Å². The summed E-state index contributed by atoms with van der Waals surface area (Å²) in [6.07, 6.45) is 4.69. The molecule has 4 rings (SSSR count). The second kappa shape index (κ2) is 11.3. The van der Waals surface area contributed by atoms with E-state index in [9.17, 15) is 0 Å². The highest BCUT2D eigenvalue weighted by Crippen LogP contribution is 2.27. The molecule has 0 saturated carbocycles. The van der Waals surface area contributed by atoms with Gasteiger partial charge in [-0.3, -0.25) is 9.89 Å². The fraction of sp³-hybridized carbons (Fsp3) is 0.476. The number of rotatable bonds is 6. The predicted octanol–water partition coefficient (Wildman–Crippen LogP) is 1.39. The molecular formula is C21H30IN7O. The number of fused-ring (bicyclic) bond motifs is 1. The lowest BCUT2D eigenvalue weighted by molar-refractivity contribution is 0.234. The molecule has 30 heavy (non-hydrogen) atoms. The molecule has 1 saturated heterocycles. The molecule has 8 nitrogen and oxygen atoms in total. The van der Waals surface area contributed by atoms with E-state index in [4.69, 9.17) is 4.74 Å². The average Bonchev–Trinajstić information content (AvgIpc) is 3.20. The molecule has 2 aliphatic heterocycles. The number of halogens is 1. The maximum Gasteiger partial charge on any atom is 0.225 e. The number of para-hydroxylation sites is 1. The molecule has 1 unspecified atom stereocenters. The van der Waals surface area contributed by atoms with Crippen LogP contribution in [0.4, 0.5) is 5.95 Å². The summed E-state index contributed by atoms with van der Waals surface area (Å²) in [5.41, 5.74) is 1.28. The van der Waals surface area contributed by atoms with Gasteiger partial charge in [-0.1, -0.05) is 18.2 Å². The van der Waals surface area contributed by atoms with Gasteiger partial charge in [0.15, 0.2) is 5.96 Å². The standard InChI is InChI=1S/C21H29N7O.HI/c1-22-20(26-16-18-15-17-5-2-3-6-19(17)29-18)23-9-10-27-11-13-28(14-12-27)21-24-7-4-8-25-21;/h2-8,18H,9-16H2,1H3,(H2,22,23,26);1H. The molecule has 1 aromatic carbocycles. The number of aromatic nitrogens is 2. The lowest BCUT2D eigenvalue weighted by Gasteiger charge is -2.34. The van der Waals surface area contributed by atoms with Crippen molar-refractivity contribution in [2.45, 2.75) is 12.5 Å². The van der Waals surface area contributed by atoms with Crippen LogP contribution in [0.1, 0.15) is 5.56 Å². The van der Waals surface area contributed by atoms with E-state index < -0.39 is 0 Å². The van der Waals surface area contributed by atoms with Crippen molar-refractivity contribution in [2.75, 3.05) is 57.8 Å². The molecule has 9 heteroatoms. The molecule has 2 N–H and O–H groups in total. The van der Waals surface area contributed by atoms with Crippen LogP contribution >= 0.6 is 24.0 Å². The molecular weight excluding hydrogens is 493 g/mol. The molecule has 0 amide bonds. The smallest absolute Gasteiger partial charge is 0.225 e. The van der Waals surface area contributed by atoms with Crippen LogP contribution in [-0.2, 0) is 6.42 Å². The molecule has 3 heterocycles. The van der Waals surface area contributed by atoms with Gasteiger partial charge >= 0.3 is 0 Å². The predicted molar refractivity (Wildman–Crippen MR) is 130 cm³/mol. The first-order chi connectivity index (χ1) is 14.3. The number of piperazine rings is 1. The van der Waals surface area contributed by atoms with Crippen LogP contribution in [-0.4, -0.2) is 79.8 Å². The monoisotopic (exact) mass is 523 g/mol. The van der Waals surface area contributed by atoms with Crippen LogP contribution in [0.5, 0.6) is 5.75 Å². The van der Waals surface area contributed by atoms with E-state index in [1.807, 2.05) is 18.2 Å². The first-order valence-corrected chi connectivity index (χ1v) is 10.3. The summed E-state index contributed by atoms with van der Waals surface area (Å²) >= 11 is 0. The lowest BCUT2D eigenvalue weighted by Crippen LogP contribution is -2.50. The van der Waals surface area contributed by atoms with Gasteiger partial charge in [0.25, 0.3) is 0 Å². The van der Waals surface area contributed by atoms with Gasteiger partial charge in [-0.05, 0) is 17.7 Å². The minimum atomic E-state index is 0. The zero-order chi connectivity index (χ0) is 19.9. The quantitative estimate of drug-likeness (QED) is 0.337. The van der Waals surface area contributed by atoms with Gasteiger partial charge in [0.1, 0.15) is 11.9 Å². The van der Waals surface area contributed by atoms with Crippen molar-refractivity contribution in [3.8, 4) is 5.75 Å². The molecule has 0 radical (unpaired) electrons. The maximum atomic E-state index is 5.98. The Bertz CT molecular complexity index is 787. The fourth-order valence-electron chi connectivity index (χ4n) is 3.76. The number of nitrogens with zero attached hydrogens (tertiary/aromatic N) is 5. The molecule has 2 aliphatic rings. The highest BCUT2D eigenvalue weighted by Gasteiger charge is 2.22. The molecule has 0 aliphatic carbocycles. The summed E-state index contributed by atoms with van der Waals surface area (Å²) in [6.45, 7) is 6.51. The normalized spacial score (nSPS) is 18.9. The van der Waals surface area contributed by atoms with Gasteiger partial charge < -0.3 is 20.3 Å². The average molecular weight is 523 g/mol. The van der Waals surface area contributed by atoms with E-state index in [0.29, 0.717) is 0 Å². The lowest BCUT2D eigenvalue weighted by atomic mass is 10.1. The minimum Gasteiger partial charge on any atom is -0.488 e. The molecule has 0 bridgehead atoms. The Hall–Kier alpha value is -2.14. The summed E-state index contributed by atoms with van der Waals surface area (Å²) < 4.78 is 5.98. The molecule has 1 fully saturated rings. The number of guanidine groups is 1. The van der Waals surface area contributed by atoms with E-state index in [1.54, 1.807) is 19.4 Å². The Morgan fingerprint density at radius 1 is 1.10 bits per heavy atom. The van der Waals surface area contributed by atoms with E-state index in [1.165, 1.54) is 5.56 Å². The third-order valence-electron chi connectivity index (χ3n) is 5.36. The summed E-state index contributed by atoms with van der Waals surface area (Å²) in [6, 6.07) is 10.1. The first kappa shape index (κ1) is 22.5. The third-order valence-corrected chi connectivity index (χ3v) is 5.36. The highest BCUT2D eigenvalue weighted by molar-refractivity contribution is 14.0. The summed E-state index contributed by atoms with van der Waals surface area (Å²) in [4.78, 5) is 17.7. The number of hydrogen-bond acceptors (Lipinski definition) is 6.